The second-order valence-corrected chi connectivity index (χ2v) is 4.54. The third-order valence-corrected chi connectivity index (χ3v) is 3.11. The number of ether oxygens (including phenoxy) is 1. The lowest BCUT2D eigenvalue weighted by atomic mass is 10.1. The van der Waals surface area contributed by atoms with Crippen molar-refractivity contribution in [3.05, 3.63) is 47.7 Å². The zero-order chi connectivity index (χ0) is 13.9. The summed E-state index contributed by atoms with van der Waals surface area (Å²) in [6.45, 7) is 0.593. The number of nitrogens with one attached hydrogen (secondary N) is 1. The smallest absolute Gasteiger partial charge is 0.356 e. The highest BCUT2D eigenvalue weighted by Crippen LogP contribution is 2.28. The van der Waals surface area contributed by atoms with Crippen LogP contribution in [0.2, 0.25) is 0 Å². The number of fused-ring (bicyclic) bond motifs is 1. The molecule has 1 unspecified atom stereocenters. The molecule has 102 valence electrons. The Morgan fingerprint density at radius 1 is 1.30 bits per heavy atom. The van der Waals surface area contributed by atoms with Crippen molar-refractivity contribution in [1.29, 1.82) is 0 Å². The number of aromatic carboxylic acids is 1. The van der Waals surface area contributed by atoms with E-state index in [0.29, 0.717) is 12.4 Å². The van der Waals surface area contributed by atoms with E-state index in [1.54, 1.807) is 6.07 Å². The Morgan fingerprint density at radius 2 is 2.15 bits per heavy atom. The minimum atomic E-state index is -1.08. The third kappa shape index (κ3) is 2.54. The van der Waals surface area contributed by atoms with Crippen molar-refractivity contribution in [3.8, 4) is 5.75 Å². The maximum absolute atomic E-state index is 10.7. The monoisotopic (exact) mass is 271 g/mol. The van der Waals surface area contributed by atoms with Crippen molar-refractivity contribution in [1.82, 2.24) is 10.2 Å². The van der Waals surface area contributed by atoms with Gasteiger partial charge in [-0.25, -0.2) is 4.79 Å². The lowest BCUT2D eigenvalue weighted by Gasteiger charge is -2.11. The number of aromatic nitrogens is 2. The zero-order valence-corrected chi connectivity index (χ0v) is 10.6. The highest BCUT2D eigenvalue weighted by molar-refractivity contribution is 5.85. The van der Waals surface area contributed by atoms with Gasteiger partial charge in [-0.2, -0.15) is 0 Å². The fourth-order valence-corrected chi connectivity index (χ4v) is 2.13. The van der Waals surface area contributed by atoms with Crippen molar-refractivity contribution < 1.29 is 14.6 Å². The number of carbonyl (C=O) groups is 1. The summed E-state index contributed by atoms with van der Waals surface area (Å²) < 4.78 is 5.79. The molecule has 2 aromatic rings. The van der Waals surface area contributed by atoms with Crippen LogP contribution >= 0.6 is 0 Å². The highest BCUT2D eigenvalue weighted by atomic mass is 16.5. The van der Waals surface area contributed by atoms with Gasteiger partial charge in [-0.3, -0.25) is 0 Å². The molecule has 0 saturated carbocycles. The second-order valence-electron chi connectivity index (χ2n) is 4.54. The lowest BCUT2D eigenvalue weighted by molar-refractivity contribution is 0.0689. The van der Waals surface area contributed by atoms with E-state index in [1.165, 1.54) is 11.6 Å². The SMILES string of the molecule is O=C(O)c1ccc(NCC2Cc3ccccc3O2)nn1. The van der Waals surface area contributed by atoms with E-state index >= 15 is 0 Å². The fraction of sp³-hybridized carbons (Fsp3) is 0.214. The van der Waals surface area contributed by atoms with E-state index < -0.39 is 5.97 Å². The molecular formula is C14H13N3O3. The molecule has 3 rings (SSSR count). The standard InChI is InChI=1S/C14H13N3O3/c18-14(19)11-5-6-13(17-16-11)15-8-10-7-9-3-1-2-4-12(9)20-10/h1-6,10H,7-8H2,(H,15,17)(H,18,19). The molecule has 0 spiro atoms. The van der Waals surface area contributed by atoms with Gasteiger partial charge >= 0.3 is 5.97 Å². The van der Waals surface area contributed by atoms with Crippen molar-refractivity contribution in [2.45, 2.75) is 12.5 Å². The number of anilines is 1. The van der Waals surface area contributed by atoms with Crippen LogP contribution < -0.4 is 10.1 Å². The Hall–Kier alpha value is -2.63. The molecule has 1 aromatic carbocycles. The van der Waals surface area contributed by atoms with Gasteiger partial charge in [-0.15, -0.1) is 10.2 Å². The van der Waals surface area contributed by atoms with Crippen LogP contribution in [0.25, 0.3) is 0 Å². The van der Waals surface area contributed by atoms with Gasteiger partial charge in [0.05, 0.1) is 6.54 Å². The number of rotatable bonds is 4. The average molecular weight is 271 g/mol. The quantitative estimate of drug-likeness (QED) is 0.878. The van der Waals surface area contributed by atoms with Gasteiger partial charge in [-0.05, 0) is 23.8 Å². The fourth-order valence-electron chi connectivity index (χ4n) is 2.13. The molecule has 0 aliphatic carbocycles. The number of para-hydroxylation sites is 1. The number of carboxylic acids is 1. The van der Waals surface area contributed by atoms with Gasteiger partial charge in [0.2, 0.25) is 0 Å². The summed E-state index contributed by atoms with van der Waals surface area (Å²) in [6.07, 6.45) is 0.900. The second kappa shape index (κ2) is 5.16. The number of nitrogens with zero attached hydrogens (tertiary/aromatic N) is 2. The van der Waals surface area contributed by atoms with Crippen LogP contribution in [0.3, 0.4) is 0 Å². The third-order valence-electron chi connectivity index (χ3n) is 3.11. The average Bonchev–Trinajstić information content (AvgIpc) is 2.88. The molecule has 0 radical (unpaired) electrons. The first kappa shape index (κ1) is 12.4. The van der Waals surface area contributed by atoms with Crippen LogP contribution in [-0.4, -0.2) is 33.9 Å². The summed E-state index contributed by atoms with van der Waals surface area (Å²) in [5, 5.41) is 19.3. The van der Waals surface area contributed by atoms with Crippen LogP contribution in [0, 0.1) is 0 Å². The highest BCUT2D eigenvalue weighted by Gasteiger charge is 2.21. The maximum atomic E-state index is 10.7. The molecule has 0 amide bonds. The van der Waals surface area contributed by atoms with Gasteiger partial charge in [0.15, 0.2) is 5.69 Å². The van der Waals surface area contributed by atoms with E-state index in [9.17, 15) is 4.79 Å². The zero-order valence-electron chi connectivity index (χ0n) is 10.6. The van der Waals surface area contributed by atoms with Crippen molar-refractivity contribution in [3.63, 3.8) is 0 Å². The Bertz CT molecular complexity index is 603. The molecule has 1 aliphatic rings. The van der Waals surface area contributed by atoms with Crippen LogP contribution in [0.5, 0.6) is 5.75 Å². The first-order valence-electron chi connectivity index (χ1n) is 6.28. The molecule has 1 aliphatic heterocycles. The van der Waals surface area contributed by atoms with Crippen molar-refractivity contribution in [2.75, 3.05) is 11.9 Å². The normalized spacial score (nSPS) is 16.3. The molecule has 6 nitrogen and oxygen atoms in total. The summed E-state index contributed by atoms with van der Waals surface area (Å²) in [5.74, 6) is 0.375. The van der Waals surface area contributed by atoms with E-state index in [0.717, 1.165) is 12.2 Å². The van der Waals surface area contributed by atoms with E-state index in [-0.39, 0.29) is 11.8 Å². The molecule has 1 atom stereocenters. The van der Waals surface area contributed by atoms with E-state index in [1.807, 2.05) is 18.2 Å². The van der Waals surface area contributed by atoms with Gasteiger partial charge in [-0.1, -0.05) is 18.2 Å². The molecule has 20 heavy (non-hydrogen) atoms. The lowest BCUT2D eigenvalue weighted by Crippen LogP contribution is -2.24. The maximum Gasteiger partial charge on any atom is 0.356 e. The topological polar surface area (TPSA) is 84.3 Å². The van der Waals surface area contributed by atoms with Gasteiger partial charge in [0.25, 0.3) is 0 Å². The van der Waals surface area contributed by atoms with Gasteiger partial charge < -0.3 is 15.2 Å². The molecule has 1 aromatic heterocycles. The summed E-state index contributed by atoms with van der Waals surface area (Å²) in [4.78, 5) is 10.7. The van der Waals surface area contributed by atoms with Crippen LogP contribution in [0.4, 0.5) is 5.82 Å². The predicted molar refractivity (Wildman–Crippen MR) is 72.0 cm³/mol. The number of benzene rings is 1. The van der Waals surface area contributed by atoms with Crippen molar-refractivity contribution >= 4 is 11.8 Å². The summed E-state index contributed by atoms with van der Waals surface area (Å²) >= 11 is 0. The first-order chi connectivity index (χ1) is 9.72. The van der Waals surface area contributed by atoms with Gasteiger partial charge in [0, 0.05) is 6.42 Å². The van der Waals surface area contributed by atoms with Crippen LogP contribution in [-0.2, 0) is 6.42 Å². The molecule has 6 heteroatoms. The first-order valence-corrected chi connectivity index (χ1v) is 6.28. The minimum absolute atomic E-state index is 0.0494. The van der Waals surface area contributed by atoms with Crippen molar-refractivity contribution in [2.24, 2.45) is 0 Å². The predicted octanol–water partition coefficient (Wildman–Crippen LogP) is 1.59. The molecule has 0 saturated heterocycles. The Morgan fingerprint density at radius 3 is 2.85 bits per heavy atom. The minimum Gasteiger partial charge on any atom is -0.488 e. The summed E-state index contributed by atoms with van der Waals surface area (Å²) in [5.41, 5.74) is 1.13. The molecule has 2 N–H and O–H groups in total. The van der Waals surface area contributed by atoms with Crippen LogP contribution in [0.1, 0.15) is 16.1 Å². The number of hydrogen-bond acceptors (Lipinski definition) is 5. The van der Waals surface area contributed by atoms with E-state index in [4.69, 9.17) is 9.84 Å². The number of hydrogen-bond donors (Lipinski definition) is 2. The Balaban J connectivity index is 1.57. The Labute approximate surface area is 115 Å². The van der Waals surface area contributed by atoms with E-state index in [2.05, 4.69) is 21.6 Å². The molecule has 0 fully saturated rings. The molecule has 0 bridgehead atoms. The largest absolute Gasteiger partial charge is 0.488 e. The molecule has 2 heterocycles. The number of carboxylic acid groups (broad SMARTS) is 1. The Kier molecular flexibility index (Phi) is 3.20. The van der Waals surface area contributed by atoms with Crippen LogP contribution in [0.15, 0.2) is 36.4 Å². The van der Waals surface area contributed by atoms with Gasteiger partial charge in [0.1, 0.15) is 17.7 Å². The summed E-state index contributed by atoms with van der Waals surface area (Å²) in [7, 11) is 0. The molecular weight excluding hydrogens is 258 g/mol. The summed E-state index contributed by atoms with van der Waals surface area (Å²) in [6, 6.07) is 11.0.